The minimum atomic E-state index is 0.0495. The average molecular weight is 269 g/mol. The molecule has 1 aliphatic rings. The summed E-state index contributed by atoms with van der Waals surface area (Å²) < 4.78 is 0. The highest BCUT2D eigenvalue weighted by Crippen LogP contribution is 2.24. The van der Waals surface area contributed by atoms with Crippen molar-refractivity contribution in [2.45, 2.75) is 19.5 Å². The lowest BCUT2D eigenvalue weighted by Crippen LogP contribution is -2.07. The summed E-state index contributed by atoms with van der Waals surface area (Å²) in [7, 11) is 0. The second-order valence-corrected chi connectivity index (χ2v) is 4.63. The molecule has 1 aliphatic heterocycles. The van der Waals surface area contributed by atoms with Crippen molar-refractivity contribution in [1.82, 2.24) is 9.97 Å². The predicted molar refractivity (Wildman–Crippen MR) is 76.0 cm³/mol. The first kappa shape index (κ1) is 12.6. The lowest BCUT2D eigenvalue weighted by atomic mass is 10.1. The minimum Gasteiger partial charge on any atom is -0.366 e. The van der Waals surface area contributed by atoms with Crippen molar-refractivity contribution in [3.8, 4) is 0 Å². The SMILES string of the molecule is NCc1nccc(NCc2ccc3c(c2)CC(=O)N3)n1. The Labute approximate surface area is 116 Å². The highest BCUT2D eigenvalue weighted by atomic mass is 16.1. The fraction of sp³-hybridized carbons (Fsp3) is 0.214. The fourth-order valence-corrected chi connectivity index (χ4v) is 2.18. The van der Waals surface area contributed by atoms with Crippen LogP contribution in [-0.2, 0) is 24.3 Å². The summed E-state index contributed by atoms with van der Waals surface area (Å²) in [5.74, 6) is 1.40. The first-order valence-corrected chi connectivity index (χ1v) is 6.42. The van der Waals surface area contributed by atoms with E-state index in [0.29, 0.717) is 25.3 Å². The van der Waals surface area contributed by atoms with Crippen molar-refractivity contribution in [2.75, 3.05) is 10.6 Å². The largest absolute Gasteiger partial charge is 0.366 e. The number of rotatable bonds is 4. The Kier molecular flexibility index (Phi) is 3.30. The molecule has 0 atom stereocenters. The van der Waals surface area contributed by atoms with Crippen LogP contribution in [0.4, 0.5) is 11.5 Å². The van der Waals surface area contributed by atoms with E-state index in [4.69, 9.17) is 5.73 Å². The quantitative estimate of drug-likeness (QED) is 0.771. The van der Waals surface area contributed by atoms with Gasteiger partial charge in [-0.15, -0.1) is 0 Å². The van der Waals surface area contributed by atoms with Gasteiger partial charge in [-0.3, -0.25) is 4.79 Å². The van der Waals surface area contributed by atoms with Crippen LogP contribution in [-0.4, -0.2) is 15.9 Å². The maximum atomic E-state index is 11.3. The van der Waals surface area contributed by atoms with Gasteiger partial charge >= 0.3 is 0 Å². The highest BCUT2D eigenvalue weighted by Gasteiger charge is 2.17. The van der Waals surface area contributed by atoms with Gasteiger partial charge in [0.05, 0.1) is 13.0 Å². The summed E-state index contributed by atoms with van der Waals surface area (Å²) in [6.07, 6.45) is 2.14. The molecule has 2 aromatic rings. The first-order valence-electron chi connectivity index (χ1n) is 6.42. The van der Waals surface area contributed by atoms with Gasteiger partial charge in [0.2, 0.25) is 5.91 Å². The number of aromatic nitrogens is 2. The Balaban J connectivity index is 1.69. The number of hydrogen-bond donors (Lipinski definition) is 3. The van der Waals surface area contributed by atoms with Crippen LogP contribution < -0.4 is 16.4 Å². The van der Waals surface area contributed by atoms with Crippen molar-refractivity contribution in [1.29, 1.82) is 0 Å². The average Bonchev–Trinajstić information content (AvgIpc) is 2.84. The van der Waals surface area contributed by atoms with E-state index in [0.717, 1.165) is 22.6 Å². The Morgan fingerprint density at radius 1 is 1.35 bits per heavy atom. The molecule has 0 saturated heterocycles. The van der Waals surface area contributed by atoms with Gasteiger partial charge in [-0.1, -0.05) is 12.1 Å². The van der Waals surface area contributed by atoms with E-state index >= 15 is 0 Å². The number of carbonyl (C=O) groups excluding carboxylic acids is 1. The maximum Gasteiger partial charge on any atom is 0.228 e. The van der Waals surface area contributed by atoms with E-state index in [2.05, 4.69) is 20.6 Å². The van der Waals surface area contributed by atoms with Gasteiger partial charge in [-0.25, -0.2) is 9.97 Å². The Morgan fingerprint density at radius 3 is 3.10 bits per heavy atom. The standard InChI is InChI=1S/C14H15N5O/c15-7-13-16-4-3-12(19-13)17-8-9-1-2-11-10(5-9)6-14(20)18-11/h1-5H,6-8,15H2,(H,18,20)(H,16,17,19). The Morgan fingerprint density at radius 2 is 2.25 bits per heavy atom. The van der Waals surface area contributed by atoms with Crippen LogP contribution in [0.15, 0.2) is 30.5 Å². The molecule has 1 aromatic heterocycles. The molecule has 102 valence electrons. The van der Waals surface area contributed by atoms with Crippen molar-refractivity contribution >= 4 is 17.4 Å². The first-order chi connectivity index (χ1) is 9.74. The van der Waals surface area contributed by atoms with E-state index in [-0.39, 0.29) is 5.91 Å². The van der Waals surface area contributed by atoms with Crippen LogP contribution >= 0.6 is 0 Å². The fourth-order valence-electron chi connectivity index (χ4n) is 2.18. The van der Waals surface area contributed by atoms with Gasteiger partial charge in [0, 0.05) is 18.4 Å². The van der Waals surface area contributed by atoms with E-state index in [1.165, 1.54) is 0 Å². The van der Waals surface area contributed by atoms with Gasteiger partial charge in [-0.2, -0.15) is 0 Å². The number of nitrogens with one attached hydrogen (secondary N) is 2. The number of nitrogens with two attached hydrogens (primary N) is 1. The predicted octanol–water partition coefficient (Wildman–Crippen LogP) is 1.04. The number of carbonyl (C=O) groups is 1. The molecule has 1 aromatic carbocycles. The summed E-state index contributed by atoms with van der Waals surface area (Å²) in [5.41, 5.74) is 8.56. The van der Waals surface area contributed by atoms with Gasteiger partial charge in [0.1, 0.15) is 11.6 Å². The van der Waals surface area contributed by atoms with Gasteiger partial charge < -0.3 is 16.4 Å². The number of fused-ring (bicyclic) bond motifs is 1. The maximum absolute atomic E-state index is 11.3. The van der Waals surface area contributed by atoms with Crippen molar-refractivity contribution in [3.63, 3.8) is 0 Å². The zero-order valence-corrected chi connectivity index (χ0v) is 10.9. The zero-order valence-electron chi connectivity index (χ0n) is 10.9. The van der Waals surface area contributed by atoms with Gasteiger partial charge in [-0.05, 0) is 23.3 Å². The van der Waals surface area contributed by atoms with E-state index in [1.54, 1.807) is 12.3 Å². The number of hydrogen-bond acceptors (Lipinski definition) is 5. The molecule has 0 bridgehead atoms. The smallest absolute Gasteiger partial charge is 0.228 e. The molecular formula is C14H15N5O. The molecule has 0 unspecified atom stereocenters. The molecule has 0 spiro atoms. The van der Waals surface area contributed by atoms with Gasteiger partial charge in [0.15, 0.2) is 0 Å². The molecule has 0 saturated carbocycles. The molecule has 0 radical (unpaired) electrons. The van der Waals surface area contributed by atoms with Crippen LogP contribution in [0.2, 0.25) is 0 Å². The second kappa shape index (κ2) is 5.26. The third kappa shape index (κ3) is 2.60. The van der Waals surface area contributed by atoms with Crippen molar-refractivity contribution < 1.29 is 4.79 Å². The van der Waals surface area contributed by atoms with Crippen molar-refractivity contribution in [3.05, 3.63) is 47.4 Å². The molecule has 6 heteroatoms. The van der Waals surface area contributed by atoms with Crippen LogP contribution in [0.3, 0.4) is 0 Å². The number of amides is 1. The number of anilines is 2. The molecular weight excluding hydrogens is 254 g/mol. The van der Waals surface area contributed by atoms with Crippen molar-refractivity contribution in [2.24, 2.45) is 5.73 Å². The Hall–Kier alpha value is -2.47. The van der Waals surface area contributed by atoms with E-state index in [9.17, 15) is 4.79 Å². The second-order valence-electron chi connectivity index (χ2n) is 4.63. The molecule has 3 rings (SSSR count). The number of benzene rings is 1. The van der Waals surface area contributed by atoms with Crippen LogP contribution in [0.5, 0.6) is 0 Å². The highest BCUT2D eigenvalue weighted by molar-refractivity contribution is 5.99. The summed E-state index contributed by atoms with van der Waals surface area (Å²) in [6.45, 7) is 0.963. The topological polar surface area (TPSA) is 92.9 Å². The van der Waals surface area contributed by atoms with Crippen LogP contribution in [0, 0.1) is 0 Å². The molecule has 1 amide bonds. The van der Waals surface area contributed by atoms with Gasteiger partial charge in [0.25, 0.3) is 0 Å². The zero-order chi connectivity index (χ0) is 13.9. The Bertz CT molecular complexity index is 656. The number of nitrogens with zero attached hydrogens (tertiary/aromatic N) is 2. The summed E-state index contributed by atoms with van der Waals surface area (Å²) in [5, 5.41) is 6.05. The molecule has 0 aliphatic carbocycles. The molecule has 4 N–H and O–H groups in total. The molecule has 20 heavy (non-hydrogen) atoms. The van der Waals surface area contributed by atoms with E-state index in [1.807, 2.05) is 18.2 Å². The molecule has 6 nitrogen and oxygen atoms in total. The molecule has 2 heterocycles. The monoisotopic (exact) mass is 269 g/mol. The minimum absolute atomic E-state index is 0.0495. The lowest BCUT2D eigenvalue weighted by Gasteiger charge is -2.08. The third-order valence-corrected chi connectivity index (χ3v) is 3.16. The molecule has 0 fully saturated rings. The van der Waals surface area contributed by atoms with Crippen LogP contribution in [0.25, 0.3) is 0 Å². The third-order valence-electron chi connectivity index (χ3n) is 3.16. The van der Waals surface area contributed by atoms with Crippen LogP contribution in [0.1, 0.15) is 17.0 Å². The normalized spacial score (nSPS) is 12.9. The summed E-state index contributed by atoms with van der Waals surface area (Å²) >= 11 is 0. The lowest BCUT2D eigenvalue weighted by molar-refractivity contribution is -0.115. The summed E-state index contributed by atoms with van der Waals surface area (Å²) in [6, 6.07) is 7.76. The van der Waals surface area contributed by atoms with E-state index < -0.39 is 0 Å². The summed E-state index contributed by atoms with van der Waals surface area (Å²) in [4.78, 5) is 19.6.